The molecule has 0 radical (unpaired) electrons. The molecule has 0 spiro atoms. The lowest BCUT2D eigenvalue weighted by atomic mass is 10.2. The maximum atomic E-state index is 11.8. The molecule has 0 aliphatic rings. The quantitative estimate of drug-likeness (QED) is 0.634. The third-order valence-electron chi connectivity index (χ3n) is 2.20. The molecule has 0 fully saturated rings. The lowest BCUT2D eigenvalue weighted by Gasteiger charge is -2.13. The van der Waals surface area contributed by atoms with Gasteiger partial charge in [0.25, 0.3) is 5.91 Å². The molecule has 0 heterocycles. The Hall–Kier alpha value is -0.0000000000000000555. The number of nitrogens with one attached hydrogen (secondary N) is 1. The molecule has 0 bridgehead atoms. The number of hydrogen-bond acceptors (Lipinski definition) is 1. The number of halogens is 3. The van der Waals surface area contributed by atoms with Crippen LogP contribution in [0.1, 0.15) is 23.7 Å². The van der Waals surface area contributed by atoms with Gasteiger partial charge in [-0.3, -0.25) is 4.79 Å². The number of alkyl halides is 1. The van der Waals surface area contributed by atoms with Gasteiger partial charge in [-0.2, -0.15) is 0 Å². The largest absolute Gasteiger partial charge is 0.348 e. The van der Waals surface area contributed by atoms with Crippen LogP contribution < -0.4 is 5.32 Å². The average molecular weight is 372 g/mol. The van der Waals surface area contributed by atoms with E-state index in [9.17, 15) is 4.79 Å². The van der Waals surface area contributed by atoms with Gasteiger partial charge in [0, 0.05) is 21.1 Å². The molecule has 2 nitrogen and oxygen atoms in total. The highest BCUT2D eigenvalue weighted by Gasteiger charge is 2.12. The fraction of sp³-hybridized carbons (Fsp3) is 0.364. The second kappa shape index (κ2) is 6.67. The molecule has 1 aromatic carbocycles. The number of rotatable bonds is 4. The Labute approximate surface area is 119 Å². The number of amides is 1. The first-order valence-corrected chi connectivity index (χ1v) is 6.89. The van der Waals surface area contributed by atoms with E-state index < -0.39 is 0 Å². The molecule has 88 valence electrons. The predicted octanol–water partition coefficient (Wildman–Crippen LogP) is 3.69. The van der Waals surface area contributed by atoms with E-state index in [1.165, 1.54) is 0 Å². The molecule has 0 aliphatic heterocycles. The highest BCUT2D eigenvalue weighted by molar-refractivity contribution is 14.1. The van der Waals surface area contributed by atoms with Crippen molar-refractivity contribution in [3.05, 3.63) is 32.4 Å². The van der Waals surface area contributed by atoms with Crippen LogP contribution >= 0.6 is 45.8 Å². The average Bonchev–Trinajstić information content (AvgIpc) is 2.29. The van der Waals surface area contributed by atoms with Crippen molar-refractivity contribution in [2.75, 3.05) is 5.88 Å². The second-order valence-electron chi connectivity index (χ2n) is 3.36. The fourth-order valence-corrected chi connectivity index (χ4v) is 1.97. The zero-order valence-corrected chi connectivity index (χ0v) is 12.4. The summed E-state index contributed by atoms with van der Waals surface area (Å²) in [6.07, 6.45) is 0.813. The third kappa shape index (κ3) is 3.79. The van der Waals surface area contributed by atoms with Crippen molar-refractivity contribution in [3.63, 3.8) is 0 Å². The molecule has 0 aromatic heterocycles. The van der Waals surface area contributed by atoms with Crippen molar-refractivity contribution >= 4 is 51.7 Å². The highest BCUT2D eigenvalue weighted by Crippen LogP contribution is 2.19. The smallest absolute Gasteiger partial charge is 0.251 e. The van der Waals surface area contributed by atoms with Crippen LogP contribution in [0.25, 0.3) is 0 Å². The number of carbonyl (C=O) groups is 1. The summed E-state index contributed by atoms with van der Waals surface area (Å²) in [6, 6.07) is 5.25. The number of benzene rings is 1. The van der Waals surface area contributed by atoms with Crippen molar-refractivity contribution in [2.24, 2.45) is 0 Å². The van der Waals surface area contributed by atoms with E-state index >= 15 is 0 Å². The van der Waals surface area contributed by atoms with Crippen LogP contribution in [0.5, 0.6) is 0 Å². The summed E-state index contributed by atoms with van der Waals surface area (Å²) >= 11 is 13.8. The van der Waals surface area contributed by atoms with Gasteiger partial charge < -0.3 is 5.32 Å². The predicted molar refractivity (Wildman–Crippen MR) is 76.4 cm³/mol. The summed E-state index contributed by atoms with van der Waals surface area (Å²) in [5.41, 5.74) is 0.564. The summed E-state index contributed by atoms with van der Waals surface area (Å²) in [5, 5.41) is 3.44. The van der Waals surface area contributed by atoms with E-state index in [-0.39, 0.29) is 11.9 Å². The first-order chi connectivity index (χ1) is 7.58. The zero-order chi connectivity index (χ0) is 12.1. The molecule has 1 amide bonds. The van der Waals surface area contributed by atoms with Crippen LogP contribution in [0.4, 0.5) is 0 Å². The summed E-state index contributed by atoms with van der Waals surface area (Å²) < 4.78 is 0.931. The maximum Gasteiger partial charge on any atom is 0.251 e. The van der Waals surface area contributed by atoms with E-state index in [4.69, 9.17) is 23.2 Å². The summed E-state index contributed by atoms with van der Waals surface area (Å²) in [4.78, 5) is 11.8. The van der Waals surface area contributed by atoms with Crippen molar-refractivity contribution < 1.29 is 4.79 Å². The van der Waals surface area contributed by atoms with E-state index in [0.717, 1.165) is 9.99 Å². The van der Waals surface area contributed by atoms with Crippen molar-refractivity contribution in [1.29, 1.82) is 0 Å². The number of hydrogen-bond donors (Lipinski definition) is 1. The van der Waals surface area contributed by atoms with Crippen LogP contribution in [0, 0.1) is 3.57 Å². The zero-order valence-electron chi connectivity index (χ0n) is 8.77. The fourth-order valence-electron chi connectivity index (χ4n) is 1.16. The normalized spacial score (nSPS) is 12.2. The molecule has 5 heteroatoms. The topological polar surface area (TPSA) is 29.1 Å². The molecular formula is C11H12Cl2INO. The van der Waals surface area contributed by atoms with Gasteiger partial charge in [-0.25, -0.2) is 0 Å². The highest BCUT2D eigenvalue weighted by atomic mass is 127. The van der Waals surface area contributed by atoms with Crippen molar-refractivity contribution in [3.8, 4) is 0 Å². The van der Waals surface area contributed by atoms with Gasteiger partial charge in [-0.1, -0.05) is 18.5 Å². The first kappa shape index (κ1) is 14.1. The van der Waals surface area contributed by atoms with Gasteiger partial charge in [0.1, 0.15) is 0 Å². The Morgan fingerprint density at radius 3 is 2.75 bits per heavy atom. The Morgan fingerprint density at radius 2 is 2.25 bits per heavy atom. The maximum absolute atomic E-state index is 11.8. The Bertz CT molecular complexity index is 380. The molecule has 0 aliphatic carbocycles. The minimum Gasteiger partial charge on any atom is -0.348 e. The first-order valence-electron chi connectivity index (χ1n) is 4.90. The van der Waals surface area contributed by atoms with Crippen molar-refractivity contribution in [1.82, 2.24) is 5.32 Å². The lowest BCUT2D eigenvalue weighted by molar-refractivity contribution is 0.0940. The van der Waals surface area contributed by atoms with Gasteiger partial charge in [0.2, 0.25) is 0 Å². The third-order valence-corrected chi connectivity index (χ3v) is 4.14. The Balaban J connectivity index is 2.76. The Kier molecular flexibility index (Phi) is 5.86. The van der Waals surface area contributed by atoms with E-state index in [0.29, 0.717) is 16.5 Å². The molecule has 1 unspecified atom stereocenters. The minimum atomic E-state index is -0.134. The molecule has 0 saturated heterocycles. The monoisotopic (exact) mass is 371 g/mol. The molecule has 1 atom stereocenters. The van der Waals surface area contributed by atoms with Crippen LogP contribution in [0.3, 0.4) is 0 Å². The number of carbonyl (C=O) groups excluding carboxylic acids is 1. The van der Waals surface area contributed by atoms with Crippen LogP contribution in [-0.2, 0) is 0 Å². The standard InChI is InChI=1S/C11H12Cl2INO/c1-2-8(6-12)15-11(16)7-3-4-10(14)9(13)5-7/h3-5,8H,2,6H2,1H3,(H,15,16). The SMILES string of the molecule is CCC(CCl)NC(=O)c1ccc(I)c(Cl)c1. The summed E-state index contributed by atoms with van der Waals surface area (Å²) in [7, 11) is 0. The van der Waals surface area contributed by atoms with Crippen LogP contribution in [0.15, 0.2) is 18.2 Å². The minimum absolute atomic E-state index is 0.00669. The molecule has 1 rings (SSSR count). The van der Waals surface area contributed by atoms with E-state index in [1.807, 2.05) is 13.0 Å². The molecule has 1 aromatic rings. The van der Waals surface area contributed by atoms with Crippen LogP contribution in [-0.4, -0.2) is 17.8 Å². The van der Waals surface area contributed by atoms with E-state index in [2.05, 4.69) is 27.9 Å². The molecule has 0 saturated carbocycles. The van der Waals surface area contributed by atoms with Crippen molar-refractivity contribution in [2.45, 2.75) is 19.4 Å². The Morgan fingerprint density at radius 1 is 1.56 bits per heavy atom. The summed E-state index contributed by atoms with van der Waals surface area (Å²) in [6.45, 7) is 1.98. The molecular weight excluding hydrogens is 360 g/mol. The van der Waals surface area contributed by atoms with Gasteiger partial charge >= 0.3 is 0 Å². The summed E-state index contributed by atoms with van der Waals surface area (Å²) in [5.74, 6) is 0.283. The van der Waals surface area contributed by atoms with Gasteiger partial charge in [0.05, 0.1) is 5.02 Å². The molecule has 1 N–H and O–H groups in total. The lowest BCUT2D eigenvalue weighted by Crippen LogP contribution is -2.35. The molecule has 16 heavy (non-hydrogen) atoms. The van der Waals surface area contributed by atoms with Crippen LogP contribution in [0.2, 0.25) is 5.02 Å². The second-order valence-corrected chi connectivity index (χ2v) is 5.24. The van der Waals surface area contributed by atoms with Gasteiger partial charge in [-0.05, 0) is 47.2 Å². The van der Waals surface area contributed by atoms with Gasteiger partial charge in [0.15, 0.2) is 0 Å². The van der Waals surface area contributed by atoms with E-state index in [1.54, 1.807) is 12.1 Å². The van der Waals surface area contributed by atoms with Gasteiger partial charge in [-0.15, -0.1) is 11.6 Å².